The maximum atomic E-state index is 6.40. The van der Waals surface area contributed by atoms with Crippen LogP contribution in [0, 0.1) is 0 Å². The fourth-order valence-electron chi connectivity index (χ4n) is 3.13. The van der Waals surface area contributed by atoms with Crippen molar-refractivity contribution in [2.45, 2.75) is 6.54 Å². The zero-order valence-electron chi connectivity index (χ0n) is 14.9. The molecule has 0 spiro atoms. The number of fused-ring (bicyclic) bond motifs is 2. The lowest BCUT2D eigenvalue weighted by Crippen LogP contribution is -1.99. The van der Waals surface area contributed by atoms with Crippen LogP contribution in [0.15, 0.2) is 54.9 Å². The van der Waals surface area contributed by atoms with E-state index in [1.807, 2.05) is 53.3 Å². The van der Waals surface area contributed by atoms with Gasteiger partial charge in [-0.05, 0) is 35.9 Å². The van der Waals surface area contributed by atoms with Crippen LogP contribution in [0.3, 0.4) is 0 Å². The highest BCUT2D eigenvalue weighted by Crippen LogP contribution is 2.26. The Balaban J connectivity index is 1.51. The predicted molar refractivity (Wildman–Crippen MR) is 108 cm³/mol. The molecule has 0 saturated carbocycles. The summed E-state index contributed by atoms with van der Waals surface area (Å²) in [5, 5.41) is 12.8. The third kappa shape index (κ3) is 2.95. The molecule has 0 amide bonds. The van der Waals surface area contributed by atoms with E-state index in [0.29, 0.717) is 28.6 Å². The predicted octanol–water partition coefficient (Wildman–Crippen LogP) is 4.08. The molecule has 0 aliphatic heterocycles. The monoisotopic (exact) mass is 390 g/mol. The van der Waals surface area contributed by atoms with E-state index in [1.165, 1.54) is 0 Å². The first-order valence-corrected chi connectivity index (χ1v) is 9.04. The Bertz CT molecular complexity index is 1290. The van der Waals surface area contributed by atoms with Gasteiger partial charge < -0.3 is 4.74 Å². The number of hydrogen-bond acceptors (Lipinski definition) is 5. The summed E-state index contributed by atoms with van der Waals surface area (Å²) in [6, 6.07) is 13.7. The lowest BCUT2D eigenvalue weighted by atomic mass is 10.1. The molecule has 0 bridgehead atoms. The minimum Gasteiger partial charge on any atom is -0.497 e. The molecule has 7 nitrogen and oxygen atoms in total. The molecule has 3 heterocycles. The lowest BCUT2D eigenvalue weighted by Gasteiger charge is -2.03. The van der Waals surface area contributed by atoms with Gasteiger partial charge in [-0.1, -0.05) is 23.7 Å². The van der Waals surface area contributed by atoms with Crippen molar-refractivity contribution in [2.24, 2.45) is 0 Å². The highest BCUT2D eigenvalue weighted by molar-refractivity contribution is 6.33. The Kier molecular flexibility index (Phi) is 3.95. The van der Waals surface area contributed by atoms with Gasteiger partial charge in [-0.15, -0.1) is 0 Å². The van der Waals surface area contributed by atoms with Gasteiger partial charge >= 0.3 is 0 Å². The molecule has 3 aromatic heterocycles. The molecule has 5 rings (SSSR count). The topological polar surface area (TPSA) is 81.5 Å². The summed E-state index contributed by atoms with van der Waals surface area (Å²) < 4.78 is 7.01. The Hall–Kier alpha value is -3.45. The number of halogens is 1. The standard InChI is InChI=1S/C20H15ClN6O/c1-28-15-5-2-12(3-6-15)10-27-11-17-18(26-27)19(21)24-20(23-17)13-4-7-16-14(8-13)9-22-25-16/h2-9,11H,10H2,1H3,(H,22,25). The number of nitrogens with one attached hydrogen (secondary N) is 1. The molecule has 5 aromatic rings. The van der Waals surface area contributed by atoms with Crippen molar-refractivity contribution in [3.05, 3.63) is 65.6 Å². The molecule has 0 atom stereocenters. The SMILES string of the molecule is COc1ccc(Cn2cc3nc(-c4ccc5[nH]ncc5c4)nc(Cl)c3n2)cc1. The molecule has 0 radical (unpaired) electrons. The summed E-state index contributed by atoms with van der Waals surface area (Å²) in [5.74, 6) is 1.38. The molecule has 0 aliphatic carbocycles. The summed E-state index contributed by atoms with van der Waals surface area (Å²) in [7, 11) is 1.65. The van der Waals surface area contributed by atoms with Crippen LogP contribution in [-0.4, -0.2) is 37.1 Å². The van der Waals surface area contributed by atoms with Crippen LogP contribution in [0.1, 0.15) is 5.56 Å². The molecule has 28 heavy (non-hydrogen) atoms. The maximum absolute atomic E-state index is 6.40. The highest BCUT2D eigenvalue weighted by atomic mass is 35.5. The molecular weight excluding hydrogens is 376 g/mol. The Labute approximate surface area is 164 Å². The number of rotatable bonds is 4. The van der Waals surface area contributed by atoms with Crippen molar-refractivity contribution in [1.82, 2.24) is 29.9 Å². The number of H-pyrrole nitrogens is 1. The molecule has 0 aliphatic rings. The Morgan fingerprint density at radius 3 is 2.79 bits per heavy atom. The van der Waals surface area contributed by atoms with Crippen LogP contribution in [0.4, 0.5) is 0 Å². The van der Waals surface area contributed by atoms with Crippen LogP contribution in [0.25, 0.3) is 33.3 Å². The van der Waals surface area contributed by atoms with Crippen LogP contribution < -0.4 is 4.74 Å². The smallest absolute Gasteiger partial charge is 0.161 e. The largest absolute Gasteiger partial charge is 0.497 e. The average molecular weight is 391 g/mol. The van der Waals surface area contributed by atoms with Crippen LogP contribution in [-0.2, 0) is 6.54 Å². The summed E-state index contributed by atoms with van der Waals surface area (Å²) in [6.07, 6.45) is 3.65. The van der Waals surface area contributed by atoms with Gasteiger partial charge in [-0.2, -0.15) is 10.2 Å². The number of aromatic nitrogens is 6. The van der Waals surface area contributed by atoms with Crippen LogP contribution in [0.5, 0.6) is 5.75 Å². The summed E-state index contributed by atoms with van der Waals surface area (Å²) in [4.78, 5) is 9.09. The van der Waals surface area contributed by atoms with E-state index in [-0.39, 0.29) is 0 Å². The van der Waals surface area contributed by atoms with Crippen LogP contribution in [0.2, 0.25) is 5.15 Å². The van der Waals surface area contributed by atoms with Gasteiger partial charge in [0.15, 0.2) is 11.0 Å². The molecule has 0 fully saturated rings. The number of methoxy groups -OCH3 is 1. The number of aromatic amines is 1. The number of nitrogens with zero attached hydrogens (tertiary/aromatic N) is 5. The first kappa shape index (κ1) is 16.7. The molecule has 138 valence electrons. The second-order valence-electron chi connectivity index (χ2n) is 6.42. The molecular formula is C20H15ClN6O. The summed E-state index contributed by atoms with van der Waals surface area (Å²) in [5.41, 5.74) is 4.23. The summed E-state index contributed by atoms with van der Waals surface area (Å²) in [6.45, 7) is 0.604. The molecule has 0 unspecified atom stereocenters. The molecule has 8 heteroatoms. The van der Waals surface area contributed by atoms with Crippen molar-refractivity contribution in [1.29, 1.82) is 0 Å². The highest BCUT2D eigenvalue weighted by Gasteiger charge is 2.13. The number of benzene rings is 2. The first-order chi connectivity index (χ1) is 13.7. The minimum atomic E-state index is 0.334. The summed E-state index contributed by atoms with van der Waals surface area (Å²) >= 11 is 6.40. The third-order valence-electron chi connectivity index (χ3n) is 4.57. The van der Waals surface area contributed by atoms with Gasteiger partial charge in [0, 0.05) is 10.9 Å². The number of hydrogen-bond donors (Lipinski definition) is 1. The van der Waals surface area contributed by atoms with Gasteiger partial charge in [0.1, 0.15) is 16.8 Å². The zero-order valence-corrected chi connectivity index (χ0v) is 15.7. The minimum absolute atomic E-state index is 0.334. The van der Waals surface area contributed by atoms with Gasteiger partial charge in [-0.3, -0.25) is 9.78 Å². The van der Waals surface area contributed by atoms with Crippen LogP contribution >= 0.6 is 11.6 Å². The quantitative estimate of drug-likeness (QED) is 0.467. The Morgan fingerprint density at radius 1 is 1.11 bits per heavy atom. The van der Waals surface area contributed by atoms with Gasteiger partial charge in [-0.25, -0.2) is 9.97 Å². The normalized spacial score (nSPS) is 11.4. The fraction of sp³-hybridized carbons (Fsp3) is 0.100. The molecule has 1 N–H and O–H groups in total. The van der Waals surface area contributed by atoms with E-state index in [4.69, 9.17) is 16.3 Å². The van der Waals surface area contributed by atoms with Gasteiger partial charge in [0.2, 0.25) is 0 Å². The molecule has 0 saturated heterocycles. The Morgan fingerprint density at radius 2 is 1.96 bits per heavy atom. The second kappa shape index (κ2) is 6.61. The van der Waals surface area contributed by atoms with Gasteiger partial charge in [0.05, 0.1) is 31.6 Å². The fourth-order valence-corrected chi connectivity index (χ4v) is 3.35. The van der Waals surface area contributed by atoms with Crippen molar-refractivity contribution in [3.63, 3.8) is 0 Å². The maximum Gasteiger partial charge on any atom is 0.161 e. The van der Waals surface area contributed by atoms with Crippen molar-refractivity contribution < 1.29 is 4.74 Å². The average Bonchev–Trinajstić information content (AvgIpc) is 3.34. The van der Waals surface area contributed by atoms with E-state index in [0.717, 1.165) is 27.8 Å². The van der Waals surface area contributed by atoms with Crippen molar-refractivity contribution in [3.8, 4) is 17.1 Å². The van der Waals surface area contributed by atoms with E-state index in [2.05, 4.69) is 25.3 Å². The molecule has 2 aromatic carbocycles. The van der Waals surface area contributed by atoms with E-state index >= 15 is 0 Å². The van der Waals surface area contributed by atoms with Gasteiger partial charge in [0.25, 0.3) is 0 Å². The first-order valence-electron chi connectivity index (χ1n) is 8.67. The van der Waals surface area contributed by atoms with Crippen molar-refractivity contribution in [2.75, 3.05) is 7.11 Å². The van der Waals surface area contributed by atoms with E-state index < -0.39 is 0 Å². The lowest BCUT2D eigenvalue weighted by molar-refractivity contribution is 0.414. The van der Waals surface area contributed by atoms with Crippen molar-refractivity contribution >= 4 is 33.5 Å². The second-order valence-corrected chi connectivity index (χ2v) is 6.78. The number of ether oxygens (including phenoxy) is 1. The van der Waals surface area contributed by atoms with E-state index in [9.17, 15) is 0 Å². The zero-order chi connectivity index (χ0) is 19.1. The third-order valence-corrected chi connectivity index (χ3v) is 4.83. The van der Waals surface area contributed by atoms with E-state index in [1.54, 1.807) is 13.3 Å².